The lowest BCUT2D eigenvalue weighted by Gasteiger charge is -1.99. The van der Waals surface area contributed by atoms with Gasteiger partial charge in [0.15, 0.2) is 11.5 Å². The van der Waals surface area contributed by atoms with Crippen LogP contribution < -0.4 is 14.8 Å². The van der Waals surface area contributed by atoms with Crippen LogP contribution >= 0.6 is 0 Å². The number of fused-ring (bicyclic) bond motifs is 1. The van der Waals surface area contributed by atoms with Gasteiger partial charge in [-0.15, -0.1) is 0 Å². The van der Waals surface area contributed by atoms with E-state index in [0.29, 0.717) is 12.9 Å². The third-order valence-electron chi connectivity index (χ3n) is 2.71. The Morgan fingerprint density at radius 1 is 1.33 bits per heavy atom. The van der Waals surface area contributed by atoms with Gasteiger partial charge in [0.1, 0.15) is 12.2 Å². The minimum atomic E-state index is 0.215. The maximum Gasteiger partial charge on any atom is 0.231 e. The molecule has 0 aromatic heterocycles. The molecule has 0 saturated carbocycles. The predicted molar refractivity (Wildman–Crippen MR) is 54.1 cm³/mol. The van der Waals surface area contributed by atoms with E-state index in [9.17, 15) is 0 Å². The van der Waals surface area contributed by atoms with Gasteiger partial charge in [0.2, 0.25) is 6.79 Å². The lowest BCUT2D eigenvalue weighted by atomic mass is 10.1. The van der Waals surface area contributed by atoms with Crippen molar-refractivity contribution in [3.8, 4) is 11.5 Å². The molecule has 2 aliphatic rings. The van der Waals surface area contributed by atoms with Crippen molar-refractivity contribution < 1.29 is 14.2 Å². The van der Waals surface area contributed by atoms with Crippen LogP contribution in [0.1, 0.15) is 11.7 Å². The van der Waals surface area contributed by atoms with Gasteiger partial charge in [0.05, 0.1) is 0 Å². The van der Waals surface area contributed by atoms with E-state index >= 15 is 0 Å². The number of likely N-dealkylation sites (N-methyl/N-ethyl adjacent to an activating group) is 1. The Morgan fingerprint density at radius 2 is 2.20 bits per heavy atom. The van der Waals surface area contributed by atoms with Crippen LogP contribution in [0.5, 0.6) is 11.5 Å². The quantitative estimate of drug-likeness (QED) is 0.753. The van der Waals surface area contributed by atoms with Crippen LogP contribution in [0.25, 0.3) is 0 Å². The normalized spacial score (nSPS) is 26.7. The summed E-state index contributed by atoms with van der Waals surface area (Å²) in [6.07, 6.45) is 0.516. The molecule has 2 atom stereocenters. The van der Waals surface area contributed by atoms with Crippen molar-refractivity contribution >= 4 is 0 Å². The molecule has 0 aliphatic carbocycles. The summed E-state index contributed by atoms with van der Waals surface area (Å²) >= 11 is 0. The number of nitrogens with one attached hydrogen (secondary N) is 1. The van der Waals surface area contributed by atoms with Crippen LogP contribution in [0.2, 0.25) is 0 Å². The molecular formula is C11H13NO3. The third-order valence-corrected chi connectivity index (χ3v) is 2.71. The minimum absolute atomic E-state index is 0.215. The lowest BCUT2D eigenvalue weighted by molar-refractivity contribution is 0.174. The van der Waals surface area contributed by atoms with E-state index in [-0.39, 0.29) is 6.10 Å². The van der Waals surface area contributed by atoms with E-state index in [1.807, 2.05) is 25.2 Å². The molecule has 4 nitrogen and oxygen atoms in total. The second kappa shape index (κ2) is 3.40. The van der Waals surface area contributed by atoms with Crippen molar-refractivity contribution in [3.05, 3.63) is 23.8 Å². The fourth-order valence-corrected chi connectivity index (χ4v) is 1.88. The highest BCUT2D eigenvalue weighted by Crippen LogP contribution is 2.42. The summed E-state index contributed by atoms with van der Waals surface area (Å²) in [7, 11) is 1.93. The highest BCUT2D eigenvalue weighted by molar-refractivity contribution is 5.45. The summed E-state index contributed by atoms with van der Waals surface area (Å²) in [6.45, 7) is 1.21. The fraction of sp³-hybridized carbons (Fsp3) is 0.455. The molecular weight excluding hydrogens is 194 g/mol. The molecule has 1 saturated heterocycles. The first-order valence-electron chi connectivity index (χ1n) is 5.08. The number of benzene rings is 1. The number of hydrogen-bond donors (Lipinski definition) is 1. The van der Waals surface area contributed by atoms with Crippen LogP contribution in [-0.4, -0.2) is 26.5 Å². The molecule has 3 rings (SSSR count). The van der Waals surface area contributed by atoms with E-state index < -0.39 is 0 Å². The van der Waals surface area contributed by atoms with Crippen molar-refractivity contribution in [1.82, 2.24) is 5.32 Å². The molecule has 15 heavy (non-hydrogen) atoms. The maximum absolute atomic E-state index is 5.54. The summed E-state index contributed by atoms with van der Waals surface area (Å²) in [5.41, 5.74) is 1.17. The first-order valence-corrected chi connectivity index (χ1v) is 5.08. The van der Waals surface area contributed by atoms with Crippen molar-refractivity contribution in [3.63, 3.8) is 0 Å². The van der Waals surface area contributed by atoms with Crippen molar-refractivity contribution in [2.45, 2.75) is 12.2 Å². The summed E-state index contributed by atoms with van der Waals surface area (Å²) in [6, 6.07) is 5.98. The minimum Gasteiger partial charge on any atom is -0.454 e. The molecule has 4 heteroatoms. The first-order chi connectivity index (χ1) is 7.38. The van der Waals surface area contributed by atoms with Crippen molar-refractivity contribution in [2.75, 3.05) is 20.4 Å². The van der Waals surface area contributed by atoms with Gasteiger partial charge in [-0.2, -0.15) is 0 Å². The monoisotopic (exact) mass is 207 g/mol. The second-order valence-corrected chi connectivity index (χ2v) is 3.77. The van der Waals surface area contributed by atoms with Gasteiger partial charge in [-0.1, -0.05) is 6.07 Å². The van der Waals surface area contributed by atoms with E-state index in [2.05, 4.69) is 5.32 Å². The second-order valence-electron chi connectivity index (χ2n) is 3.77. The average molecular weight is 207 g/mol. The highest BCUT2D eigenvalue weighted by Gasteiger charge is 2.39. The average Bonchev–Trinajstić information content (AvgIpc) is 2.87. The topological polar surface area (TPSA) is 43.0 Å². The Hall–Kier alpha value is -1.26. The molecule has 0 spiro atoms. The molecule has 1 aromatic carbocycles. The Kier molecular flexibility index (Phi) is 2.04. The summed E-state index contributed by atoms with van der Waals surface area (Å²) in [5, 5.41) is 3.10. The van der Waals surface area contributed by atoms with E-state index in [0.717, 1.165) is 18.0 Å². The number of rotatable bonds is 3. The smallest absolute Gasteiger partial charge is 0.231 e. The molecule has 2 unspecified atom stereocenters. The SMILES string of the molecule is CNCC1OC1c1ccc2c(c1)OCO2. The van der Waals surface area contributed by atoms with Crippen LogP contribution in [0, 0.1) is 0 Å². The van der Waals surface area contributed by atoms with Crippen LogP contribution in [-0.2, 0) is 4.74 Å². The lowest BCUT2D eigenvalue weighted by Crippen LogP contribution is -2.13. The Morgan fingerprint density at radius 3 is 3.07 bits per heavy atom. The Balaban J connectivity index is 1.77. The summed E-state index contributed by atoms with van der Waals surface area (Å²) in [4.78, 5) is 0. The van der Waals surface area contributed by atoms with Gasteiger partial charge in [-0.3, -0.25) is 0 Å². The zero-order chi connectivity index (χ0) is 10.3. The van der Waals surface area contributed by atoms with Crippen LogP contribution in [0.4, 0.5) is 0 Å². The predicted octanol–water partition coefficient (Wildman–Crippen LogP) is 1.07. The highest BCUT2D eigenvalue weighted by atomic mass is 16.7. The number of epoxide rings is 1. The van der Waals surface area contributed by atoms with E-state index in [1.165, 1.54) is 5.56 Å². The summed E-state index contributed by atoms with van der Waals surface area (Å²) in [5.74, 6) is 1.65. The van der Waals surface area contributed by atoms with E-state index in [1.54, 1.807) is 0 Å². The van der Waals surface area contributed by atoms with Crippen LogP contribution in [0.15, 0.2) is 18.2 Å². The van der Waals surface area contributed by atoms with Gasteiger partial charge in [-0.05, 0) is 24.7 Å². The van der Waals surface area contributed by atoms with Crippen LogP contribution in [0.3, 0.4) is 0 Å². The van der Waals surface area contributed by atoms with Gasteiger partial charge in [0.25, 0.3) is 0 Å². The molecule has 2 heterocycles. The molecule has 0 amide bonds. The molecule has 80 valence electrons. The molecule has 1 aromatic rings. The van der Waals surface area contributed by atoms with Gasteiger partial charge >= 0.3 is 0 Å². The number of ether oxygens (including phenoxy) is 3. The first kappa shape index (κ1) is 9.00. The van der Waals surface area contributed by atoms with Crippen molar-refractivity contribution in [1.29, 1.82) is 0 Å². The number of hydrogen-bond acceptors (Lipinski definition) is 4. The van der Waals surface area contributed by atoms with Crippen molar-refractivity contribution in [2.24, 2.45) is 0 Å². The third kappa shape index (κ3) is 1.56. The van der Waals surface area contributed by atoms with E-state index in [4.69, 9.17) is 14.2 Å². The molecule has 1 N–H and O–H groups in total. The van der Waals surface area contributed by atoms with Gasteiger partial charge in [0, 0.05) is 6.54 Å². The fourth-order valence-electron chi connectivity index (χ4n) is 1.88. The summed E-state index contributed by atoms with van der Waals surface area (Å²) < 4.78 is 16.1. The zero-order valence-corrected chi connectivity index (χ0v) is 8.53. The maximum atomic E-state index is 5.54. The molecule has 0 bridgehead atoms. The molecule has 2 aliphatic heterocycles. The van der Waals surface area contributed by atoms with Gasteiger partial charge in [-0.25, -0.2) is 0 Å². The largest absolute Gasteiger partial charge is 0.454 e. The Labute approximate surface area is 88.1 Å². The zero-order valence-electron chi connectivity index (χ0n) is 8.53. The standard InChI is InChI=1S/C11H13NO3/c1-12-5-10-11(15-10)7-2-3-8-9(4-7)14-6-13-8/h2-4,10-12H,5-6H2,1H3. The molecule has 1 fully saturated rings. The van der Waals surface area contributed by atoms with Gasteiger partial charge < -0.3 is 19.5 Å². The Bertz CT molecular complexity index is 380. The molecule has 0 radical (unpaired) electrons.